The highest BCUT2D eigenvalue weighted by Crippen LogP contribution is 2.35. The zero-order valence-corrected chi connectivity index (χ0v) is 14.2. The molecule has 1 aliphatic rings. The molecule has 0 aliphatic carbocycles. The van der Waals surface area contributed by atoms with Gasteiger partial charge in [-0.05, 0) is 45.0 Å². The van der Waals surface area contributed by atoms with E-state index in [1.807, 2.05) is 37.6 Å². The number of hydrogen-bond donors (Lipinski definition) is 1. The summed E-state index contributed by atoms with van der Waals surface area (Å²) in [6, 6.07) is 7.50. The van der Waals surface area contributed by atoms with Gasteiger partial charge in [-0.25, -0.2) is 0 Å². The molecule has 0 bridgehead atoms. The summed E-state index contributed by atoms with van der Waals surface area (Å²) in [5, 5.41) is 8.23. The number of nitrogens with zero attached hydrogens (tertiary/aromatic N) is 2. The van der Waals surface area contributed by atoms with Crippen molar-refractivity contribution in [3.8, 4) is 17.0 Å². The third-order valence-electron chi connectivity index (χ3n) is 3.81. The third-order valence-corrected chi connectivity index (χ3v) is 4.04. The maximum atomic E-state index is 12.2. The van der Waals surface area contributed by atoms with Crippen molar-refractivity contribution in [3.63, 3.8) is 0 Å². The fraction of sp³-hybridized carbons (Fsp3) is 0.412. The Balaban J connectivity index is 2.00. The van der Waals surface area contributed by atoms with Crippen LogP contribution < -0.4 is 10.1 Å². The van der Waals surface area contributed by atoms with Crippen molar-refractivity contribution in [2.45, 2.75) is 26.8 Å². The van der Waals surface area contributed by atoms with Gasteiger partial charge in [0.05, 0.1) is 17.2 Å². The van der Waals surface area contributed by atoms with Gasteiger partial charge in [0.15, 0.2) is 0 Å². The highest BCUT2D eigenvalue weighted by Gasteiger charge is 2.27. The Kier molecular flexibility index (Phi) is 4.17. The summed E-state index contributed by atoms with van der Waals surface area (Å²) in [7, 11) is 0. The largest absolute Gasteiger partial charge is 0.425 e. The van der Waals surface area contributed by atoms with Crippen LogP contribution in [0.15, 0.2) is 30.5 Å². The van der Waals surface area contributed by atoms with Crippen LogP contribution in [0, 0.1) is 5.41 Å². The van der Waals surface area contributed by atoms with Crippen LogP contribution in [0.4, 0.5) is 0 Å². The molecule has 5 nitrogen and oxygen atoms in total. The van der Waals surface area contributed by atoms with Crippen molar-refractivity contribution in [2.24, 2.45) is 5.41 Å². The van der Waals surface area contributed by atoms with E-state index in [1.54, 1.807) is 18.3 Å². The molecular formula is C17H20ClN3O2. The van der Waals surface area contributed by atoms with Gasteiger partial charge in [0.1, 0.15) is 5.75 Å². The molecule has 0 radical (unpaired) electrons. The van der Waals surface area contributed by atoms with Crippen molar-refractivity contribution in [2.75, 3.05) is 13.1 Å². The molecule has 1 aliphatic heterocycles. The molecule has 0 spiro atoms. The Morgan fingerprint density at radius 3 is 2.70 bits per heavy atom. The van der Waals surface area contributed by atoms with E-state index >= 15 is 0 Å². The number of carbonyl (C=O) groups excluding carboxylic acids is 1. The number of ether oxygens (including phenoxy) is 1. The Hall–Kier alpha value is -1.85. The SMILES string of the molecule is CC(C)(C)C(=O)Oc1ccc(Cl)cc1-c1ccnn1C1CNC1. The Bertz CT molecular complexity index is 730. The van der Waals surface area contributed by atoms with Gasteiger partial charge in [-0.15, -0.1) is 0 Å². The normalized spacial score (nSPS) is 15.3. The fourth-order valence-electron chi connectivity index (χ4n) is 2.31. The number of benzene rings is 1. The van der Waals surface area contributed by atoms with Gasteiger partial charge in [0, 0.05) is 29.9 Å². The maximum absolute atomic E-state index is 12.2. The lowest BCUT2D eigenvalue weighted by Gasteiger charge is -2.29. The first kappa shape index (κ1) is 16.0. The number of esters is 1. The summed E-state index contributed by atoms with van der Waals surface area (Å²) in [4.78, 5) is 12.2. The highest BCUT2D eigenvalue weighted by molar-refractivity contribution is 6.31. The van der Waals surface area contributed by atoms with Crippen molar-refractivity contribution >= 4 is 17.6 Å². The number of nitrogens with one attached hydrogen (secondary N) is 1. The van der Waals surface area contributed by atoms with E-state index in [1.165, 1.54) is 0 Å². The van der Waals surface area contributed by atoms with Crippen LogP contribution in [0.1, 0.15) is 26.8 Å². The summed E-state index contributed by atoms with van der Waals surface area (Å²) >= 11 is 6.16. The van der Waals surface area contributed by atoms with E-state index in [0.717, 1.165) is 24.3 Å². The van der Waals surface area contributed by atoms with Gasteiger partial charge in [-0.1, -0.05) is 11.6 Å². The van der Waals surface area contributed by atoms with Crippen LogP contribution in [0.2, 0.25) is 5.02 Å². The molecule has 2 heterocycles. The lowest BCUT2D eigenvalue weighted by atomic mass is 9.97. The highest BCUT2D eigenvalue weighted by atomic mass is 35.5. The van der Waals surface area contributed by atoms with Gasteiger partial charge in [0.25, 0.3) is 0 Å². The molecule has 1 N–H and O–H groups in total. The van der Waals surface area contributed by atoms with Gasteiger partial charge in [-0.2, -0.15) is 5.10 Å². The molecule has 1 aromatic heterocycles. The molecule has 23 heavy (non-hydrogen) atoms. The Morgan fingerprint density at radius 2 is 2.09 bits per heavy atom. The first-order valence-corrected chi connectivity index (χ1v) is 8.00. The molecular weight excluding hydrogens is 314 g/mol. The first-order valence-electron chi connectivity index (χ1n) is 7.63. The summed E-state index contributed by atoms with van der Waals surface area (Å²) in [5.41, 5.74) is 1.10. The van der Waals surface area contributed by atoms with Crippen molar-refractivity contribution in [1.82, 2.24) is 15.1 Å². The summed E-state index contributed by atoms with van der Waals surface area (Å²) in [6.45, 7) is 7.25. The third kappa shape index (κ3) is 3.26. The van der Waals surface area contributed by atoms with E-state index < -0.39 is 5.41 Å². The predicted molar refractivity (Wildman–Crippen MR) is 89.7 cm³/mol. The van der Waals surface area contributed by atoms with Crippen LogP contribution >= 0.6 is 11.6 Å². The number of aromatic nitrogens is 2. The first-order chi connectivity index (χ1) is 10.9. The lowest BCUT2D eigenvalue weighted by molar-refractivity contribution is -0.142. The number of hydrogen-bond acceptors (Lipinski definition) is 4. The molecule has 1 saturated heterocycles. The molecule has 0 unspecified atom stereocenters. The minimum Gasteiger partial charge on any atom is -0.425 e. The van der Waals surface area contributed by atoms with E-state index in [-0.39, 0.29) is 5.97 Å². The zero-order chi connectivity index (χ0) is 16.6. The molecule has 3 rings (SSSR count). The van der Waals surface area contributed by atoms with Gasteiger partial charge in [0.2, 0.25) is 0 Å². The topological polar surface area (TPSA) is 56.1 Å². The van der Waals surface area contributed by atoms with Crippen LogP contribution in [0.25, 0.3) is 11.3 Å². The van der Waals surface area contributed by atoms with Gasteiger partial charge < -0.3 is 10.1 Å². The van der Waals surface area contributed by atoms with Crippen molar-refractivity contribution < 1.29 is 9.53 Å². The second kappa shape index (κ2) is 5.98. The van der Waals surface area contributed by atoms with E-state index in [0.29, 0.717) is 16.8 Å². The second-order valence-corrected chi connectivity index (χ2v) is 7.19. The summed E-state index contributed by atoms with van der Waals surface area (Å²) < 4.78 is 7.58. The molecule has 2 aromatic rings. The number of halogens is 1. The molecule has 1 fully saturated rings. The Labute approximate surface area is 140 Å². The Morgan fingerprint density at radius 1 is 1.35 bits per heavy atom. The van der Waals surface area contributed by atoms with Crippen LogP contribution in [-0.4, -0.2) is 28.8 Å². The second-order valence-electron chi connectivity index (χ2n) is 6.75. The number of carbonyl (C=O) groups is 1. The van der Waals surface area contributed by atoms with E-state index in [4.69, 9.17) is 16.3 Å². The monoisotopic (exact) mass is 333 g/mol. The molecule has 0 saturated carbocycles. The zero-order valence-electron chi connectivity index (χ0n) is 13.5. The standard InChI is InChI=1S/C17H20ClN3O2/c1-17(2,3)16(22)23-15-5-4-11(18)8-13(15)14-6-7-20-21(14)12-9-19-10-12/h4-8,12,19H,9-10H2,1-3H3. The average molecular weight is 334 g/mol. The van der Waals surface area contributed by atoms with E-state index in [9.17, 15) is 4.79 Å². The molecule has 0 amide bonds. The summed E-state index contributed by atoms with van der Waals surface area (Å²) in [6.07, 6.45) is 1.75. The molecule has 0 atom stereocenters. The molecule has 6 heteroatoms. The quantitative estimate of drug-likeness (QED) is 0.691. The van der Waals surface area contributed by atoms with E-state index in [2.05, 4.69) is 10.4 Å². The van der Waals surface area contributed by atoms with Crippen molar-refractivity contribution in [3.05, 3.63) is 35.5 Å². The summed E-state index contributed by atoms with van der Waals surface area (Å²) in [5.74, 6) is 0.223. The lowest BCUT2D eigenvalue weighted by Crippen LogP contribution is -2.44. The minimum absolute atomic E-state index is 0.280. The van der Waals surface area contributed by atoms with Gasteiger partial charge >= 0.3 is 5.97 Å². The van der Waals surface area contributed by atoms with Crippen LogP contribution in [-0.2, 0) is 4.79 Å². The van der Waals surface area contributed by atoms with Crippen LogP contribution in [0.3, 0.4) is 0 Å². The average Bonchev–Trinajstić information content (AvgIpc) is 2.86. The minimum atomic E-state index is -0.574. The van der Waals surface area contributed by atoms with Crippen LogP contribution in [0.5, 0.6) is 5.75 Å². The smallest absolute Gasteiger partial charge is 0.316 e. The molecule has 122 valence electrons. The predicted octanol–water partition coefficient (Wildman–Crippen LogP) is 3.30. The van der Waals surface area contributed by atoms with Gasteiger partial charge in [-0.3, -0.25) is 9.48 Å². The number of rotatable bonds is 3. The molecule has 1 aromatic carbocycles. The van der Waals surface area contributed by atoms with Crippen molar-refractivity contribution in [1.29, 1.82) is 0 Å². The maximum Gasteiger partial charge on any atom is 0.316 e. The fourth-order valence-corrected chi connectivity index (χ4v) is 2.48.